The van der Waals surface area contributed by atoms with Crippen LogP contribution >= 0.6 is 0 Å². The molecule has 28 heavy (non-hydrogen) atoms. The number of amides is 1. The molecule has 2 aromatic carbocycles. The zero-order chi connectivity index (χ0) is 19.9. The molecule has 0 N–H and O–H groups in total. The fraction of sp³-hybridized carbons (Fsp3) is 0.261. The lowest BCUT2D eigenvalue weighted by molar-refractivity contribution is 0.0779. The second kappa shape index (κ2) is 9.13. The summed E-state index contributed by atoms with van der Waals surface area (Å²) in [6.07, 6.45) is 0. The van der Waals surface area contributed by atoms with Crippen LogP contribution in [-0.2, 0) is 13.1 Å². The molecular formula is C23H26N4O. The number of carbonyl (C=O) groups is 1. The van der Waals surface area contributed by atoms with Crippen molar-refractivity contribution in [2.75, 3.05) is 18.5 Å². The summed E-state index contributed by atoms with van der Waals surface area (Å²) in [5, 5.41) is 0. The van der Waals surface area contributed by atoms with Crippen molar-refractivity contribution >= 4 is 11.7 Å². The summed E-state index contributed by atoms with van der Waals surface area (Å²) in [5.41, 5.74) is 2.71. The third-order valence-corrected chi connectivity index (χ3v) is 4.57. The highest BCUT2D eigenvalue weighted by molar-refractivity contribution is 5.92. The average molecular weight is 374 g/mol. The molecule has 0 aliphatic heterocycles. The average Bonchev–Trinajstić information content (AvgIpc) is 2.72. The van der Waals surface area contributed by atoms with Crippen LogP contribution in [0, 0.1) is 6.92 Å². The van der Waals surface area contributed by atoms with E-state index in [0.717, 1.165) is 24.5 Å². The van der Waals surface area contributed by atoms with E-state index < -0.39 is 0 Å². The number of carbonyl (C=O) groups excluding carboxylic acids is 1. The number of rotatable bonds is 7. The first-order valence-corrected chi connectivity index (χ1v) is 9.50. The first kappa shape index (κ1) is 19.5. The van der Waals surface area contributed by atoms with Crippen molar-refractivity contribution in [3.63, 3.8) is 0 Å². The summed E-state index contributed by atoms with van der Waals surface area (Å²) in [7, 11) is 1.80. The van der Waals surface area contributed by atoms with E-state index in [1.165, 1.54) is 5.56 Å². The molecule has 1 heterocycles. The molecule has 0 atom stereocenters. The highest BCUT2D eigenvalue weighted by Gasteiger charge is 2.17. The van der Waals surface area contributed by atoms with Crippen molar-refractivity contribution < 1.29 is 4.79 Å². The molecule has 0 aliphatic carbocycles. The van der Waals surface area contributed by atoms with Crippen LogP contribution in [0.15, 0.2) is 66.7 Å². The first-order chi connectivity index (χ1) is 13.6. The molecule has 0 unspecified atom stereocenters. The van der Waals surface area contributed by atoms with Gasteiger partial charge in [0.1, 0.15) is 17.3 Å². The number of benzene rings is 2. The lowest BCUT2D eigenvalue weighted by atomic mass is 10.2. The maximum atomic E-state index is 12.9. The smallest absolute Gasteiger partial charge is 0.272 e. The molecular weight excluding hydrogens is 348 g/mol. The zero-order valence-corrected chi connectivity index (χ0v) is 16.7. The van der Waals surface area contributed by atoms with E-state index in [9.17, 15) is 4.79 Å². The highest BCUT2D eigenvalue weighted by atomic mass is 16.2. The quantitative estimate of drug-likeness (QED) is 0.625. The van der Waals surface area contributed by atoms with Gasteiger partial charge in [0.05, 0.1) is 0 Å². The number of nitrogens with zero attached hydrogens (tertiary/aromatic N) is 4. The molecule has 1 aromatic heterocycles. The number of hydrogen-bond donors (Lipinski definition) is 0. The Morgan fingerprint density at radius 3 is 2.04 bits per heavy atom. The maximum Gasteiger partial charge on any atom is 0.272 e. The zero-order valence-electron chi connectivity index (χ0n) is 16.7. The Balaban J connectivity index is 1.80. The summed E-state index contributed by atoms with van der Waals surface area (Å²) >= 11 is 0. The van der Waals surface area contributed by atoms with Gasteiger partial charge in [-0.2, -0.15) is 0 Å². The van der Waals surface area contributed by atoms with Gasteiger partial charge >= 0.3 is 0 Å². The molecule has 3 rings (SSSR count). The predicted molar refractivity (Wildman–Crippen MR) is 112 cm³/mol. The van der Waals surface area contributed by atoms with Crippen LogP contribution in [0.4, 0.5) is 5.82 Å². The Bertz CT molecular complexity index is 912. The van der Waals surface area contributed by atoms with Crippen LogP contribution in [0.3, 0.4) is 0 Å². The predicted octanol–water partition coefficient (Wildman–Crippen LogP) is 4.08. The van der Waals surface area contributed by atoms with Crippen LogP contribution in [0.25, 0.3) is 0 Å². The number of hydrogen-bond acceptors (Lipinski definition) is 4. The monoisotopic (exact) mass is 374 g/mol. The SMILES string of the molecule is CCN(Cc1ccccc1)c1cc(C(=O)N(C)Cc2ccccc2)nc(C)n1. The molecule has 5 nitrogen and oxygen atoms in total. The third-order valence-electron chi connectivity index (χ3n) is 4.57. The van der Waals surface area contributed by atoms with Gasteiger partial charge in [0, 0.05) is 32.7 Å². The second-order valence-electron chi connectivity index (χ2n) is 6.81. The summed E-state index contributed by atoms with van der Waals surface area (Å²) in [5.74, 6) is 1.27. The molecule has 0 radical (unpaired) electrons. The van der Waals surface area contributed by atoms with Gasteiger partial charge in [-0.25, -0.2) is 9.97 Å². The van der Waals surface area contributed by atoms with Gasteiger partial charge in [0.2, 0.25) is 0 Å². The van der Waals surface area contributed by atoms with Gasteiger partial charge in [0.25, 0.3) is 5.91 Å². The van der Waals surface area contributed by atoms with Crippen molar-refractivity contribution in [3.8, 4) is 0 Å². The summed E-state index contributed by atoms with van der Waals surface area (Å²) in [4.78, 5) is 25.7. The van der Waals surface area contributed by atoms with Crippen LogP contribution in [0.5, 0.6) is 0 Å². The van der Waals surface area contributed by atoms with E-state index in [1.54, 1.807) is 18.0 Å². The van der Waals surface area contributed by atoms with Gasteiger partial charge in [-0.05, 0) is 25.0 Å². The van der Waals surface area contributed by atoms with Crippen molar-refractivity contribution in [2.24, 2.45) is 0 Å². The standard InChI is InChI=1S/C23H26N4O/c1-4-27(17-20-13-9-6-10-14-20)22-15-21(24-18(2)25-22)23(28)26(3)16-19-11-7-5-8-12-19/h5-15H,4,16-17H2,1-3H3. The number of aromatic nitrogens is 2. The largest absolute Gasteiger partial charge is 0.352 e. The Kier molecular flexibility index (Phi) is 6.37. The maximum absolute atomic E-state index is 12.9. The normalized spacial score (nSPS) is 10.5. The van der Waals surface area contributed by atoms with Gasteiger partial charge in [0.15, 0.2) is 0 Å². The highest BCUT2D eigenvalue weighted by Crippen LogP contribution is 2.17. The summed E-state index contributed by atoms with van der Waals surface area (Å²) in [6, 6.07) is 22.0. The van der Waals surface area contributed by atoms with Crippen molar-refractivity contribution in [1.29, 1.82) is 0 Å². The molecule has 0 bridgehead atoms. The molecule has 0 aliphatic rings. The molecule has 0 spiro atoms. The third kappa shape index (κ3) is 4.94. The Morgan fingerprint density at radius 1 is 0.893 bits per heavy atom. The van der Waals surface area contributed by atoms with E-state index in [4.69, 9.17) is 0 Å². The van der Waals surface area contributed by atoms with Crippen LogP contribution < -0.4 is 4.90 Å². The van der Waals surface area contributed by atoms with E-state index in [1.807, 2.05) is 55.5 Å². The van der Waals surface area contributed by atoms with Crippen molar-refractivity contribution in [3.05, 3.63) is 89.4 Å². The molecule has 0 fully saturated rings. The van der Waals surface area contributed by atoms with E-state index in [0.29, 0.717) is 18.1 Å². The fourth-order valence-electron chi connectivity index (χ4n) is 3.11. The van der Waals surface area contributed by atoms with Gasteiger partial charge in [-0.1, -0.05) is 60.7 Å². The molecule has 0 saturated carbocycles. The minimum absolute atomic E-state index is 0.105. The molecule has 3 aromatic rings. The topological polar surface area (TPSA) is 49.3 Å². The van der Waals surface area contributed by atoms with E-state index in [-0.39, 0.29) is 5.91 Å². The molecule has 144 valence electrons. The molecule has 0 saturated heterocycles. The Labute approximate surface area is 166 Å². The summed E-state index contributed by atoms with van der Waals surface area (Å²) in [6.45, 7) is 5.98. The van der Waals surface area contributed by atoms with E-state index in [2.05, 4.69) is 33.9 Å². The lowest BCUT2D eigenvalue weighted by Crippen LogP contribution is -2.29. The minimum Gasteiger partial charge on any atom is -0.352 e. The second-order valence-corrected chi connectivity index (χ2v) is 6.81. The lowest BCUT2D eigenvalue weighted by Gasteiger charge is -2.23. The van der Waals surface area contributed by atoms with Gasteiger partial charge in [-0.15, -0.1) is 0 Å². The Hall–Kier alpha value is -3.21. The van der Waals surface area contributed by atoms with Gasteiger partial charge < -0.3 is 9.80 Å². The number of aryl methyl sites for hydroxylation is 1. The molecule has 1 amide bonds. The summed E-state index contributed by atoms with van der Waals surface area (Å²) < 4.78 is 0. The van der Waals surface area contributed by atoms with Gasteiger partial charge in [-0.3, -0.25) is 4.79 Å². The van der Waals surface area contributed by atoms with Crippen LogP contribution in [-0.4, -0.2) is 34.4 Å². The minimum atomic E-state index is -0.105. The fourth-order valence-corrected chi connectivity index (χ4v) is 3.11. The van der Waals surface area contributed by atoms with Crippen LogP contribution in [0.1, 0.15) is 34.4 Å². The molecule has 5 heteroatoms. The van der Waals surface area contributed by atoms with Crippen molar-refractivity contribution in [1.82, 2.24) is 14.9 Å². The van der Waals surface area contributed by atoms with Crippen molar-refractivity contribution in [2.45, 2.75) is 26.9 Å². The number of anilines is 1. The Morgan fingerprint density at radius 2 is 1.46 bits per heavy atom. The van der Waals surface area contributed by atoms with Crippen LogP contribution in [0.2, 0.25) is 0 Å². The van der Waals surface area contributed by atoms with E-state index >= 15 is 0 Å². The first-order valence-electron chi connectivity index (χ1n) is 9.50.